The fourth-order valence-electron chi connectivity index (χ4n) is 2.55. The molecule has 2 rings (SSSR count). The molecule has 0 saturated carbocycles. The lowest BCUT2D eigenvalue weighted by Crippen LogP contribution is -2.21. The average molecular weight is 233 g/mol. The fourth-order valence-corrected chi connectivity index (χ4v) is 2.55. The summed E-state index contributed by atoms with van der Waals surface area (Å²) in [5.41, 5.74) is 3.65. The maximum atomic E-state index is 4.67. The monoisotopic (exact) mass is 233 g/mol. The smallest absolute Gasteiger partial charge is 0.0714 e. The summed E-state index contributed by atoms with van der Waals surface area (Å²) in [6.45, 7) is 14.8. The highest BCUT2D eigenvalue weighted by molar-refractivity contribution is 5.14. The minimum atomic E-state index is 0.512. The van der Waals surface area contributed by atoms with Gasteiger partial charge >= 0.3 is 0 Å². The fraction of sp³-hybridized carbons (Fsp3) is 0.643. The Bertz CT molecular complexity index is 417. The van der Waals surface area contributed by atoms with Crippen molar-refractivity contribution in [3.05, 3.63) is 29.7 Å². The first-order valence-corrected chi connectivity index (χ1v) is 6.45. The summed E-state index contributed by atoms with van der Waals surface area (Å²) >= 11 is 0. The van der Waals surface area contributed by atoms with E-state index in [9.17, 15) is 0 Å². The van der Waals surface area contributed by atoms with Crippen LogP contribution in [0.4, 0.5) is 0 Å². The topological polar surface area (TPSA) is 21.1 Å². The quantitative estimate of drug-likeness (QED) is 0.800. The molecule has 1 aromatic rings. The lowest BCUT2D eigenvalue weighted by Gasteiger charge is -2.20. The summed E-state index contributed by atoms with van der Waals surface area (Å²) in [6, 6.07) is 2.73. The summed E-state index contributed by atoms with van der Waals surface area (Å²) in [5, 5.41) is 4.67. The summed E-state index contributed by atoms with van der Waals surface area (Å²) in [7, 11) is 0. The molecule has 1 atom stereocenters. The molecule has 0 aliphatic carbocycles. The maximum absolute atomic E-state index is 4.67. The first-order valence-electron chi connectivity index (χ1n) is 6.45. The van der Waals surface area contributed by atoms with Crippen molar-refractivity contribution in [2.75, 3.05) is 13.1 Å². The molecule has 1 aliphatic rings. The molecule has 1 unspecified atom stereocenters. The van der Waals surface area contributed by atoms with Gasteiger partial charge in [0, 0.05) is 24.5 Å². The summed E-state index contributed by atoms with van der Waals surface area (Å²) in [5.74, 6) is 0.537. The number of aryl methyl sites for hydroxylation is 1. The summed E-state index contributed by atoms with van der Waals surface area (Å²) in [6.07, 6.45) is 1.17. The molecule has 2 heterocycles. The third kappa shape index (κ3) is 2.38. The molecule has 1 aromatic heterocycles. The second-order valence-corrected chi connectivity index (χ2v) is 5.43. The van der Waals surface area contributed by atoms with E-state index in [2.05, 4.69) is 55.0 Å². The van der Waals surface area contributed by atoms with Crippen molar-refractivity contribution in [1.82, 2.24) is 14.7 Å². The Morgan fingerprint density at radius 3 is 2.76 bits per heavy atom. The molecular weight excluding hydrogens is 210 g/mol. The predicted molar refractivity (Wildman–Crippen MR) is 71.1 cm³/mol. The van der Waals surface area contributed by atoms with Gasteiger partial charge in [-0.05, 0) is 32.3 Å². The molecule has 1 aliphatic heterocycles. The molecule has 3 nitrogen and oxygen atoms in total. The van der Waals surface area contributed by atoms with Crippen molar-refractivity contribution in [2.45, 2.75) is 46.1 Å². The van der Waals surface area contributed by atoms with Gasteiger partial charge in [0.1, 0.15) is 0 Å². The van der Waals surface area contributed by atoms with Gasteiger partial charge in [-0.15, -0.1) is 0 Å². The zero-order valence-corrected chi connectivity index (χ0v) is 11.4. The van der Waals surface area contributed by atoms with Crippen LogP contribution in [0.1, 0.15) is 50.5 Å². The maximum Gasteiger partial charge on any atom is 0.0714 e. The van der Waals surface area contributed by atoms with Crippen molar-refractivity contribution in [3.63, 3.8) is 0 Å². The molecule has 0 N–H and O–H groups in total. The second kappa shape index (κ2) is 4.55. The van der Waals surface area contributed by atoms with Crippen LogP contribution in [0.2, 0.25) is 0 Å². The van der Waals surface area contributed by atoms with E-state index in [1.165, 1.54) is 17.8 Å². The third-order valence-corrected chi connectivity index (χ3v) is 3.53. The van der Waals surface area contributed by atoms with Crippen molar-refractivity contribution < 1.29 is 0 Å². The van der Waals surface area contributed by atoms with Crippen molar-refractivity contribution in [1.29, 1.82) is 0 Å². The van der Waals surface area contributed by atoms with Crippen LogP contribution in [-0.4, -0.2) is 27.8 Å². The Kier molecular flexibility index (Phi) is 3.27. The number of hydrogen-bond donors (Lipinski definition) is 0. The normalized spacial score (nSPS) is 20.3. The second-order valence-electron chi connectivity index (χ2n) is 5.43. The van der Waals surface area contributed by atoms with Crippen molar-refractivity contribution in [2.24, 2.45) is 0 Å². The minimum Gasteiger partial charge on any atom is -0.373 e. The van der Waals surface area contributed by atoms with E-state index in [-0.39, 0.29) is 0 Å². The molecule has 17 heavy (non-hydrogen) atoms. The van der Waals surface area contributed by atoms with Gasteiger partial charge in [0.2, 0.25) is 0 Å². The minimum absolute atomic E-state index is 0.512. The van der Waals surface area contributed by atoms with Crippen LogP contribution in [0.25, 0.3) is 0 Å². The van der Waals surface area contributed by atoms with E-state index < -0.39 is 0 Å². The molecular formula is C14H23N3. The standard InChI is InChI=1S/C14H23N3/c1-10(2)14-8-12(5)15-17(14)13-6-7-16(9-13)11(3)4/h8,10,13H,3,6-7,9H2,1-2,4-5H3. The van der Waals surface area contributed by atoms with Gasteiger partial charge < -0.3 is 4.90 Å². The van der Waals surface area contributed by atoms with E-state index in [1.807, 2.05) is 0 Å². The van der Waals surface area contributed by atoms with Crippen molar-refractivity contribution >= 4 is 0 Å². The summed E-state index contributed by atoms with van der Waals surface area (Å²) < 4.78 is 2.24. The molecule has 0 radical (unpaired) electrons. The Balaban J connectivity index is 2.21. The Morgan fingerprint density at radius 2 is 2.24 bits per heavy atom. The number of aromatic nitrogens is 2. The van der Waals surface area contributed by atoms with Crippen molar-refractivity contribution in [3.8, 4) is 0 Å². The van der Waals surface area contributed by atoms with Gasteiger partial charge in [0.05, 0.1) is 11.7 Å². The molecule has 94 valence electrons. The van der Waals surface area contributed by atoms with E-state index in [0.717, 1.165) is 18.8 Å². The first-order chi connectivity index (χ1) is 7.99. The van der Waals surface area contributed by atoms with Gasteiger partial charge in [-0.1, -0.05) is 20.4 Å². The van der Waals surface area contributed by atoms with E-state index in [4.69, 9.17) is 0 Å². The number of rotatable bonds is 3. The molecule has 3 heteroatoms. The zero-order valence-electron chi connectivity index (χ0n) is 11.4. The van der Waals surface area contributed by atoms with Crippen LogP contribution < -0.4 is 0 Å². The van der Waals surface area contributed by atoms with Gasteiger partial charge in [-0.25, -0.2) is 0 Å². The molecule has 1 fully saturated rings. The number of allylic oxidation sites excluding steroid dienone is 1. The molecule has 1 saturated heterocycles. The van der Waals surface area contributed by atoms with E-state index in [0.29, 0.717) is 12.0 Å². The lowest BCUT2D eigenvalue weighted by atomic mass is 10.1. The molecule has 0 spiro atoms. The lowest BCUT2D eigenvalue weighted by molar-refractivity contribution is 0.383. The SMILES string of the molecule is C=C(C)N1CCC(n2nc(C)cc2C(C)C)C1. The Hall–Kier alpha value is -1.25. The highest BCUT2D eigenvalue weighted by atomic mass is 15.3. The number of likely N-dealkylation sites (tertiary alicyclic amines) is 1. The predicted octanol–water partition coefficient (Wildman–Crippen LogP) is 3.10. The van der Waals surface area contributed by atoms with Crippen LogP contribution >= 0.6 is 0 Å². The van der Waals surface area contributed by atoms with Gasteiger partial charge in [0.25, 0.3) is 0 Å². The van der Waals surface area contributed by atoms with Crippen LogP contribution in [-0.2, 0) is 0 Å². The Labute approximate surface area is 104 Å². The number of nitrogens with zero attached hydrogens (tertiary/aromatic N) is 3. The average Bonchev–Trinajstić information content (AvgIpc) is 2.82. The first kappa shape index (κ1) is 12.2. The third-order valence-electron chi connectivity index (χ3n) is 3.53. The van der Waals surface area contributed by atoms with Crippen LogP contribution in [0, 0.1) is 6.92 Å². The van der Waals surface area contributed by atoms with E-state index >= 15 is 0 Å². The van der Waals surface area contributed by atoms with Crippen LogP contribution in [0.3, 0.4) is 0 Å². The van der Waals surface area contributed by atoms with E-state index in [1.54, 1.807) is 0 Å². The van der Waals surface area contributed by atoms with Gasteiger partial charge in [-0.3, -0.25) is 4.68 Å². The zero-order chi connectivity index (χ0) is 12.6. The highest BCUT2D eigenvalue weighted by Gasteiger charge is 2.26. The molecule has 0 amide bonds. The van der Waals surface area contributed by atoms with Crippen LogP contribution in [0.5, 0.6) is 0 Å². The van der Waals surface area contributed by atoms with Crippen LogP contribution in [0.15, 0.2) is 18.3 Å². The highest BCUT2D eigenvalue weighted by Crippen LogP contribution is 2.27. The number of hydrogen-bond acceptors (Lipinski definition) is 2. The summed E-state index contributed by atoms with van der Waals surface area (Å²) in [4.78, 5) is 2.35. The molecule has 0 aromatic carbocycles. The Morgan fingerprint density at radius 1 is 1.53 bits per heavy atom. The molecule has 0 bridgehead atoms. The van der Waals surface area contributed by atoms with Gasteiger partial charge in [0.15, 0.2) is 0 Å². The largest absolute Gasteiger partial charge is 0.373 e. The van der Waals surface area contributed by atoms with Gasteiger partial charge in [-0.2, -0.15) is 5.10 Å².